The minimum Gasteiger partial charge on any atom is -0.298 e. The normalized spacial score (nSPS) is 16.1. The second kappa shape index (κ2) is 9.78. The molecule has 1 aliphatic rings. The molecule has 1 aromatic rings. The Labute approximate surface area is 135 Å². The highest BCUT2D eigenvalue weighted by molar-refractivity contribution is 6.30. The van der Waals surface area contributed by atoms with Crippen molar-refractivity contribution in [3.63, 3.8) is 0 Å². The standard InChI is InChI=1S/C15H17ClO.2C2H6/c1-15(2)8-7-12(10-17)14(9-15)11-3-5-13(16)6-4-11;2*1-2/h3-6,10H,7-9H2,1-2H3;2*1-2H3. The van der Waals surface area contributed by atoms with Crippen LogP contribution in [0.25, 0.3) is 5.57 Å². The number of carbonyl (C=O) groups excluding carboxylic acids is 1. The Morgan fingerprint density at radius 3 is 2.05 bits per heavy atom. The number of rotatable bonds is 2. The molecule has 0 N–H and O–H groups in total. The van der Waals surface area contributed by atoms with Crippen LogP contribution in [0.4, 0.5) is 0 Å². The van der Waals surface area contributed by atoms with Crippen molar-refractivity contribution in [1.29, 1.82) is 0 Å². The van der Waals surface area contributed by atoms with Crippen LogP contribution in [0.3, 0.4) is 0 Å². The summed E-state index contributed by atoms with van der Waals surface area (Å²) >= 11 is 5.89. The number of carbonyl (C=O) groups is 1. The van der Waals surface area contributed by atoms with E-state index in [-0.39, 0.29) is 5.41 Å². The summed E-state index contributed by atoms with van der Waals surface area (Å²) in [6, 6.07) is 7.77. The maximum atomic E-state index is 11.1. The molecule has 0 aliphatic heterocycles. The molecule has 0 unspecified atom stereocenters. The van der Waals surface area contributed by atoms with Gasteiger partial charge < -0.3 is 0 Å². The van der Waals surface area contributed by atoms with E-state index < -0.39 is 0 Å². The van der Waals surface area contributed by atoms with Gasteiger partial charge in [0.1, 0.15) is 6.29 Å². The SMILES string of the molecule is CC.CC.CC1(C)CCC(C=O)=C(c2ccc(Cl)cc2)C1. The third kappa shape index (κ3) is 6.05. The van der Waals surface area contributed by atoms with E-state index >= 15 is 0 Å². The molecule has 0 aromatic heterocycles. The summed E-state index contributed by atoms with van der Waals surface area (Å²) in [6.45, 7) is 12.5. The maximum Gasteiger partial charge on any atom is 0.146 e. The molecule has 1 nitrogen and oxygen atoms in total. The van der Waals surface area contributed by atoms with Gasteiger partial charge in [0.05, 0.1) is 0 Å². The molecule has 2 heteroatoms. The van der Waals surface area contributed by atoms with Gasteiger partial charge in [-0.2, -0.15) is 0 Å². The van der Waals surface area contributed by atoms with Crippen molar-refractivity contribution in [2.45, 2.75) is 60.8 Å². The summed E-state index contributed by atoms with van der Waals surface area (Å²) in [7, 11) is 0. The summed E-state index contributed by atoms with van der Waals surface area (Å²) < 4.78 is 0. The van der Waals surface area contributed by atoms with Crippen LogP contribution < -0.4 is 0 Å². The zero-order chi connectivity index (χ0) is 16.5. The molecule has 0 heterocycles. The quantitative estimate of drug-likeness (QED) is 0.566. The molecule has 118 valence electrons. The number of aldehydes is 1. The average molecular weight is 309 g/mol. The Balaban J connectivity index is 0.000000921. The van der Waals surface area contributed by atoms with Gasteiger partial charge in [0.15, 0.2) is 0 Å². The van der Waals surface area contributed by atoms with Crippen molar-refractivity contribution in [3.05, 3.63) is 40.4 Å². The summed E-state index contributed by atoms with van der Waals surface area (Å²) in [5.74, 6) is 0. The van der Waals surface area contributed by atoms with Crippen molar-refractivity contribution >= 4 is 23.5 Å². The van der Waals surface area contributed by atoms with E-state index in [1.165, 1.54) is 5.57 Å². The third-order valence-corrected chi connectivity index (χ3v) is 3.70. The van der Waals surface area contributed by atoms with Gasteiger partial charge in [0, 0.05) is 5.02 Å². The van der Waals surface area contributed by atoms with Crippen LogP contribution >= 0.6 is 11.6 Å². The zero-order valence-corrected chi connectivity index (χ0v) is 15.1. The molecule has 0 bridgehead atoms. The highest BCUT2D eigenvalue weighted by Gasteiger charge is 2.27. The molecule has 21 heavy (non-hydrogen) atoms. The van der Waals surface area contributed by atoms with Gasteiger partial charge in [0.25, 0.3) is 0 Å². The van der Waals surface area contributed by atoms with E-state index in [1.807, 2.05) is 52.0 Å². The van der Waals surface area contributed by atoms with Gasteiger partial charge in [-0.1, -0.05) is 65.3 Å². The van der Waals surface area contributed by atoms with Crippen LogP contribution in [0.5, 0.6) is 0 Å². The second-order valence-electron chi connectivity index (χ2n) is 5.47. The molecule has 0 radical (unpaired) electrons. The maximum absolute atomic E-state index is 11.1. The Hall–Kier alpha value is -1.08. The van der Waals surface area contributed by atoms with Crippen LogP contribution in [0.15, 0.2) is 29.8 Å². The predicted molar refractivity (Wildman–Crippen MR) is 94.8 cm³/mol. The molecule has 1 aliphatic carbocycles. The minimum atomic E-state index is 0.279. The average Bonchev–Trinajstić information content (AvgIpc) is 2.51. The summed E-state index contributed by atoms with van der Waals surface area (Å²) in [4.78, 5) is 11.1. The topological polar surface area (TPSA) is 17.1 Å². The number of allylic oxidation sites excluding steroid dienone is 2. The van der Waals surface area contributed by atoms with Crippen LogP contribution in [-0.4, -0.2) is 6.29 Å². The van der Waals surface area contributed by atoms with E-state index in [4.69, 9.17) is 11.6 Å². The number of benzene rings is 1. The van der Waals surface area contributed by atoms with Gasteiger partial charge in [-0.3, -0.25) is 4.79 Å². The van der Waals surface area contributed by atoms with Gasteiger partial charge >= 0.3 is 0 Å². The summed E-state index contributed by atoms with van der Waals surface area (Å²) in [5.41, 5.74) is 3.55. The lowest BCUT2D eigenvalue weighted by Gasteiger charge is -2.32. The molecule has 1 aromatic carbocycles. The first kappa shape index (κ1) is 19.9. The lowest BCUT2D eigenvalue weighted by atomic mass is 9.73. The van der Waals surface area contributed by atoms with E-state index in [2.05, 4.69) is 13.8 Å². The minimum absolute atomic E-state index is 0.279. The van der Waals surface area contributed by atoms with Crippen LogP contribution in [0.1, 0.15) is 66.4 Å². The van der Waals surface area contributed by atoms with Crippen molar-refractivity contribution < 1.29 is 4.79 Å². The first-order valence-corrected chi connectivity index (χ1v) is 8.33. The lowest BCUT2D eigenvalue weighted by Crippen LogP contribution is -2.18. The number of hydrogen-bond acceptors (Lipinski definition) is 1. The highest BCUT2D eigenvalue weighted by Crippen LogP contribution is 2.42. The smallest absolute Gasteiger partial charge is 0.146 e. The Morgan fingerprint density at radius 1 is 1.05 bits per heavy atom. The van der Waals surface area contributed by atoms with Crippen molar-refractivity contribution in [2.24, 2.45) is 5.41 Å². The molecule has 0 fully saturated rings. The van der Waals surface area contributed by atoms with E-state index in [0.29, 0.717) is 0 Å². The number of hydrogen-bond donors (Lipinski definition) is 0. The van der Waals surface area contributed by atoms with Gasteiger partial charge in [0.2, 0.25) is 0 Å². The van der Waals surface area contributed by atoms with E-state index in [0.717, 1.165) is 41.7 Å². The first-order valence-electron chi connectivity index (χ1n) is 7.95. The molecule has 0 atom stereocenters. The van der Waals surface area contributed by atoms with Crippen molar-refractivity contribution in [2.75, 3.05) is 0 Å². The van der Waals surface area contributed by atoms with Gasteiger partial charge in [-0.25, -0.2) is 0 Å². The molecule has 0 saturated heterocycles. The fourth-order valence-corrected chi connectivity index (χ4v) is 2.50. The Kier molecular flexibility index (Phi) is 9.28. The van der Waals surface area contributed by atoms with E-state index in [1.54, 1.807) is 0 Å². The molecular weight excluding hydrogens is 280 g/mol. The summed E-state index contributed by atoms with van der Waals surface area (Å²) in [5, 5.41) is 0.733. The van der Waals surface area contributed by atoms with E-state index in [9.17, 15) is 4.79 Å². The first-order chi connectivity index (χ1) is 10.0. The Bertz CT molecular complexity index is 455. The monoisotopic (exact) mass is 308 g/mol. The van der Waals surface area contributed by atoms with Crippen molar-refractivity contribution in [3.8, 4) is 0 Å². The fraction of sp³-hybridized carbons (Fsp3) is 0.526. The highest BCUT2D eigenvalue weighted by atomic mass is 35.5. The molecule has 2 rings (SSSR count). The fourth-order valence-electron chi connectivity index (χ4n) is 2.37. The largest absolute Gasteiger partial charge is 0.298 e. The zero-order valence-electron chi connectivity index (χ0n) is 14.3. The molecule has 0 amide bonds. The van der Waals surface area contributed by atoms with Crippen LogP contribution in [0.2, 0.25) is 5.02 Å². The molecule has 0 saturated carbocycles. The van der Waals surface area contributed by atoms with Crippen molar-refractivity contribution in [1.82, 2.24) is 0 Å². The third-order valence-electron chi connectivity index (χ3n) is 3.45. The molecule has 0 spiro atoms. The number of halogens is 1. The van der Waals surface area contributed by atoms with Gasteiger partial charge in [-0.05, 0) is 53.5 Å². The van der Waals surface area contributed by atoms with Crippen LogP contribution in [-0.2, 0) is 4.79 Å². The van der Waals surface area contributed by atoms with Crippen LogP contribution in [0, 0.1) is 5.41 Å². The second-order valence-corrected chi connectivity index (χ2v) is 5.91. The summed E-state index contributed by atoms with van der Waals surface area (Å²) in [6.07, 6.45) is 3.94. The van der Waals surface area contributed by atoms with Gasteiger partial charge in [-0.15, -0.1) is 0 Å². The predicted octanol–water partition coefficient (Wildman–Crippen LogP) is 6.56. The molecular formula is C19H29ClO. The lowest BCUT2D eigenvalue weighted by molar-refractivity contribution is -0.105. The Morgan fingerprint density at radius 2 is 1.57 bits per heavy atom.